The molecule has 0 N–H and O–H groups in total. The Morgan fingerprint density at radius 1 is 1.53 bits per heavy atom. The van der Waals surface area contributed by atoms with Gasteiger partial charge in [0.1, 0.15) is 4.21 Å². The van der Waals surface area contributed by atoms with Crippen LogP contribution in [0.25, 0.3) is 0 Å². The van der Waals surface area contributed by atoms with E-state index in [0.717, 1.165) is 12.8 Å². The zero-order valence-electron chi connectivity index (χ0n) is 8.14. The molecule has 0 atom stereocenters. The highest BCUT2D eigenvalue weighted by atomic mass is 32.2. The van der Waals surface area contributed by atoms with Crippen LogP contribution in [-0.2, 0) is 9.84 Å². The topological polar surface area (TPSA) is 57.9 Å². The largest absolute Gasteiger partial charge is 0.223 e. The summed E-state index contributed by atoms with van der Waals surface area (Å²) in [6.07, 6.45) is 2.09. The van der Waals surface area contributed by atoms with Crippen molar-refractivity contribution in [2.45, 2.75) is 23.5 Å². The number of thiophene rings is 1. The third-order valence-corrected chi connectivity index (χ3v) is 6.16. The number of rotatable bonds is 4. The summed E-state index contributed by atoms with van der Waals surface area (Å²) in [5.41, 5.74) is -0.239. The number of hydrogen-bond donors (Lipinski definition) is 0. The van der Waals surface area contributed by atoms with E-state index in [1.807, 2.05) is 0 Å². The molecule has 1 heterocycles. The van der Waals surface area contributed by atoms with Crippen LogP contribution < -0.4 is 0 Å². The van der Waals surface area contributed by atoms with Crippen molar-refractivity contribution in [3.63, 3.8) is 0 Å². The van der Waals surface area contributed by atoms with Gasteiger partial charge in [0.25, 0.3) is 0 Å². The van der Waals surface area contributed by atoms with E-state index < -0.39 is 9.84 Å². The van der Waals surface area contributed by atoms with E-state index >= 15 is 0 Å². The molecule has 0 unspecified atom stereocenters. The van der Waals surface area contributed by atoms with Crippen LogP contribution in [0.15, 0.2) is 21.7 Å². The minimum Gasteiger partial charge on any atom is -0.223 e. The minimum atomic E-state index is -3.17. The molecular weight excluding hydrogens is 230 g/mol. The van der Waals surface area contributed by atoms with Gasteiger partial charge in [0.2, 0.25) is 0 Å². The molecule has 0 amide bonds. The average molecular weight is 241 g/mol. The van der Waals surface area contributed by atoms with Gasteiger partial charge >= 0.3 is 0 Å². The van der Waals surface area contributed by atoms with Gasteiger partial charge in [-0.1, -0.05) is 6.07 Å². The quantitative estimate of drug-likeness (QED) is 0.812. The number of nitriles is 1. The highest BCUT2D eigenvalue weighted by molar-refractivity contribution is 7.93. The van der Waals surface area contributed by atoms with Gasteiger partial charge in [-0.15, -0.1) is 11.3 Å². The Morgan fingerprint density at radius 3 is 2.73 bits per heavy atom. The summed E-state index contributed by atoms with van der Waals surface area (Å²) in [5, 5.41) is 10.4. The first-order chi connectivity index (χ1) is 7.08. The van der Waals surface area contributed by atoms with E-state index in [0.29, 0.717) is 10.6 Å². The molecule has 5 heteroatoms. The number of sulfone groups is 1. The van der Waals surface area contributed by atoms with E-state index in [2.05, 4.69) is 6.07 Å². The van der Waals surface area contributed by atoms with Crippen LogP contribution in [0.3, 0.4) is 0 Å². The Labute approximate surface area is 93.3 Å². The maximum Gasteiger partial charge on any atom is 0.188 e. The van der Waals surface area contributed by atoms with Gasteiger partial charge in [0.05, 0.1) is 11.8 Å². The molecule has 0 saturated heterocycles. The maximum atomic E-state index is 11.9. The molecule has 1 aliphatic rings. The first-order valence-electron chi connectivity index (χ1n) is 4.71. The summed E-state index contributed by atoms with van der Waals surface area (Å²) >= 11 is 1.25. The fraction of sp³-hybridized carbons (Fsp3) is 0.500. The molecule has 80 valence electrons. The summed E-state index contributed by atoms with van der Waals surface area (Å²) in [4.78, 5) is 0. The Hall–Kier alpha value is -0.860. The van der Waals surface area contributed by atoms with Gasteiger partial charge in [0.15, 0.2) is 9.84 Å². The third-order valence-electron chi connectivity index (χ3n) is 2.71. The monoisotopic (exact) mass is 241 g/mol. The second kappa shape index (κ2) is 3.62. The highest BCUT2D eigenvalue weighted by Crippen LogP contribution is 2.50. The van der Waals surface area contributed by atoms with E-state index in [1.54, 1.807) is 17.5 Å². The lowest BCUT2D eigenvalue weighted by Crippen LogP contribution is -2.16. The van der Waals surface area contributed by atoms with E-state index in [4.69, 9.17) is 5.26 Å². The Balaban J connectivity index is 2.17. The van der Waals surface area contributed by atoms with Crippen molar-refractivity contribution in [3.05, 3.63) is 17.5 Å². The van der Waals surface area contributed by atoms with Gasteiger partial charge < -0.3 is 0 Å². The second-order valence-electron chi connectivity index (χ2n) is 4.03. The first kappa shape index (κ1) is 10.7. The SMILES string of the molecule is N#CCC1(CS(=O)(=O)c2cccs2)CC1. The minimum absolute atomic E-state index is 0.133. The van der Waals surface area contributed by atoms with E-state index in [9.17, 15) is 8.42 Å². The van der Waals surface area contributed by atoms with Crippen LogP contribution in [0.4, 0.5) is 0 Å². The molecular formula is C10H11NO2S2. The van der Waals surface area contributed by atoms with Gasteiger partial charge in [-0.05, 0) is 29.7 Å². The van der Waals surface area contributed by atoms with E-state index in [1.165, 1.54) is 11.3 Å². The summed E-state index contributed by atoms with van der Waals surface area (Å²) in [5.74, 6) is 0.133. The second-order valence-corrected chi connectivity index (χ2v) is 7.19. The van der Waals surface area contributed by atoms with Crippen molar-refractivity contribution in [2.75, 3.05) is 5.75 Å². The molecule has 2 rings (SSSR count). The van der Waals surface area contributed by atoms with Crippen molar-refractivity contribution in [2.24, 2.45) is 5.41 Å². The predicted octanol–water partition coefficient (Wildman–Crippen LogP) is 2.22. The van der Waals surface area contributed by atoms with Crippen LogP contribution in [0.1, 0.15) is 19.3 Å². The van der Waals surface area contributed by atoms with Crippen LogP contribution in [0.5, 0.6) is 0 Å². The molecule has 1 aliphatic carbocycles. The summed E-state index contributed by atoms with van der Waals surface area (Å²) in [6.45, 7) is 0. The van der Waals surface area contributed by atoms with Crippen molar-refractivity contribution < 1.29 is 8.42 Å². The molecule has 0 aromatic carbocycles. The predicted molar refractivity (Wildman–Crippen MR) is 58.3 cm³/mol. The Bertz CT molecular complexity index is 478. The molecule has 1 aromatic heterocycles. The van der Waals surface area contributed by atoms with Gasteiger partial charge in [-0.2, -0.15) is 5.26 Å². The van der Waals surface area contributed by atoms with Crippen molar-refractivity contribution in [1.82, 2.24) is 0 Å². The average Bonchev–Trinajstić information content (AvgIpc) is 2.70. The van der Waals surface area contributed by atoms with Crippen LogP contribution >= 0.6 is 11.3 Å². The molecule has 1 fully saturated rings. The van der Waals surface area contributed by atoms with Gasteiger partial charge in [0, 0.05) is 6.42 Å². The molecule has 0 spiro atoms. The summed E-state index contributed by atoms with van der Waals surface area (Å²) < 4.78 is 24.3. The normalized spacial score (nSPS) is 18.3. The Kier molecular flexibility index (Phi) is 2.57. The maximum absolute atomic E-state index is 11.9. The van der Waals surface area contributed by atoms with Gasteiger partial charge in [-0.25, -0.2) is 8.42 Å². The lowest BCUT2D eigenvalue weighted by atomic mass is 10.1. The molecule has 0 aliphatic heterocycles. The van der Waals surface area contributed by atoms with Gasteiger partial charge in [-0.3, -0.25) is 0 Å². The van der Waals surface area contributed by atoms with E-state index in [-0.39, 0.29) is 11.2 Å². The third kappa shape index (κ3) is 2.21. The molecule has 1 saturated carbocycles. The molecule has 15 heavy (non-hydrogen) atoms. The van der Waals surface area contributed by atoms with Crippen molar-refractivity contribution in [1.29, 1.82) is 5.26 Å². The number of hydrogen-bond acceptors (Lipinski definition) is 4. The number of nitrogens with zero attached hydrogens (tertiary/aromatic N) is 1. The lowest BCUT2D eigenvalue weighted by molar-refractivity contribution is 0.549. The summed E-state index contributed by atoms with van der Waals surface area (Å²) in [7, 11) is -3.17. The lowest BCUT2D eigenvalue weighted by Gasteiger charge is -2.09. The molecule has 3 nitrogen and oxygen atoms in total. The van der Waals surface area contributed by atoms with Crippen LogP contribution in [0, 0.1) is 16.7 Å². The zero-order valence-corrected chi connectivity index (χ0v) is 9.77. The fourth-order valence-corrected chi connectivity index (χ4v) is 4.63. The molecule has 0 radical (unpaired) electrons. The first-order valence-corrected chi connectivity index (χ1v) is 7.24. The van der Waals surface area contributed by atoms with Crippen molar-refractivity contribution >= 4 is 21.2 Å². The highest BCUT2D eigenvalue weighted by Gasteiger charge is 2.46. The zero-order chi connectivity index (χ0) is 10.9. The fourth-order valence-electron chi connectivity index (χ4n) is 1.63. The van der Waals surface area contributed by atoms with Crippen LogP contribution in [0.2, 0.25) is 0 Å². The summed E-state index contributed by atoms with van der Waals surface area (Å²) in [6, 6.07) is 5.44. The molecule has 1 aromatic rings. The smallest absolute Gasteiger partial charge is 0.188 e. The standard InChI is InChI=1S/C10H11NO2S2/c11-6-5-10(3-4-10)8-15(12,13)9-2-1-7-14-9/h1-2,7H,3-5,8H2. The van der Waals surface area contributed by atoms with Crippen LogP contribution in [-0.4, -0.2) is 14.2 Å². The Morgan fingerprint density at radius 2 is 2.27 bits per heavy atom. The van der Waals surface area contributed by atoms with Crippen molar-refractivity contribution in [3.8, 4) is 6.07 Å². The molecule has 0 bridgehead atoms.